The van der Waals surface area contributed by atoms with Crippen molar-refractivity contribution in [2.24, 2.45) is 0 Å². The third kappa shape index (κ3) is 3.88. The number of allylic oxidation sites excluding steroid dienone is 1. The van der Waals surface area contributed by atoms with Crippen molar-refractivity contribution in [1.82, 2.24) is 10.2 Å². The van der Waals surface area contributed by atoms with Crippen LogP contribution in [0.3, 0.4) is 0 Å². The van der Waals surface area contributed by atoms with Crippen LogP contribution in [-0.4, -0.2) is 40.6 Å². The van der Waals surface area contributed by atoms with Gasteiger partial charge in [-0.3, -0.25) is 10.1 Å². The van der Waals surface area contributed by atoms with Crippen LogP contribution in [0.25, 0.3) is 0 Å². The van der Waals surface area contributed by atoms with Crippen LogP contribution in [0.15, 0.2) is 42.1 Å². The Balaban J connectivity index is 1.93. The van der Waals surface area contributed by atoms with Crippen LogP contribution in [-0.2, 0) is 19.1 Å². The molecule has 3 rings (SSSR count). The predicted molar refractivity (Wildman–Crippen MR) is 102 cm³/mol. The van der Waals surface area contributed by atoms with Gasteiger partial charge in [-0.05, 0) is 46.1 Å². The number of hydrogen-bond donors (Lipinski definition) is 1. The second-order valence-corrected chi connectivity index (χ2v) is 8.26. The number of benzene rings is 1. The van der Waals surface area contributed by atoms with Gasteiger partial charge in [0.15, 0.2) is 0 Å². The summed E-state index contributed by atoms with van der Waals surface area (Å²) in [5.74, 6) is -0.851. The van der Waals surface area contributed by atoms with Crippen LogP contribution < -0.4 is 5.32 Å². The number of fused-ring (bicyclic) bond motifs is 1. The van der Waals surface area contributed by atoms with Crippen molar-refractivity contribution >= 4 is 18.0 Å². The van der Waals surface area contributed by atoms with Crippen molar-refractivity contribution in [3.05, 3.63) is 47.7 Å². The molecule has 2 heterocycles. The van der Waals surface area contributed by atoms with Crippen molar-refractivity contribution in [1.29, 1.82) is 0 Å². The van der Waals surface area contributed by atoms with E-state index in [0.717, 1.165) is 5.56 Å². The minimum absolute atomic E-state index is 0.0733. The Morgan fingerprint density at radius 3 is 2.57 bits per heavy atom. The molecule has 1 N–H and O–H groups in total. The zero-order valence-electron chi connectivity index (χ0n) is 16.7. The lowest BCUT2D eigenvalue weighted by Gasteiger charge is -2.47. The summed E-state index contributed by atoms with van der Waals surface area (Å²) in [4.78, 5) is 39.7. The van der Waals surface area contributed by atoms with E-state index in [4.69, 9.17) is 9.47 Å². The van der Waals surface area contributed by atoms with Crippen molar-refractivity contribution in [3.63, 3.8) is 0 Å². The third-order valence-corrected chi connectivity index (χ3v) is 4.90. The number of esters is 1. The molecule has 1 aromatic rings. The molecule has 1 aromatic carbocycles. The van der Waals surface area contributed by atoms with Gasteiger partial charge in [0, 0.05) is 0 Å². The van der Waals surface area contributed by atoms with Gasteiger partial charge in [0.1, 0.15) is 23.4 Å². The molecule has 150 valence electrons. The lowest BCUT2D eigenvalue weighted by molar-refractivity contribution is -0.180. The van der Waals surface area contributed by atoms with E-state index in [1.54, 1.807) is 38.7 Å². The maximum atomic E-state index is 13.4. The van der Waals surface area contributed by atoms with E-state index < -0.39 is 35.2 Å². The molecular weight excluding hydrogens is 360 g/mol. The molecule has 7 heteroatoms. The van der Waals surface area contributed by atoms with Crippen LogP contribution in [0.1, 0.15) is 52.1 Å². The summed E-state index contributed by atoms with van der Waals surface area (Å²) < 4.78 is 10.7. The number of cyclic esters (lactones) is 1. The highest BCUT2D eigenvalue weighted by Crippen LogP contribution is 2.39. The number of carbonyl (C=O) groups excluding carboxylic acids is 3. The standard InChI is InChI=1S/C21H26N2O5/c1-20(2,3)28-19(26)22-15-11-8-12-21(4)18(25)27-13-16(23(21)17(15)24)14-9-6-5-7-10-14/h5-7,9-11,16H,8,12-13H2,1-4H3,(H,22,26)/t16-,21-/m0/s1. The molecule has 0 unspecified atom stereocenters. The van der Waals surface area contributed by atoms with E-state index in [0.29, 0.717) is 12.8 Å². The number of morpholine rings is 1. The Hall–Kier alpha value is -2.83. The molecule has 0 spiro atoms. The summed E-state index contributed by atoms with van der Waals surface area (Å²) in [5, 5.41) is 2.56. The first-order valence-electron chi connectivity index (χ1n) is 9.38. The minimum Gasteiger partial charge on any atom is -0.461 e. The number of nitrogens with one attached hydrogen (secondary N) is 1. The first-order valence-corrected chi connectivity index (χ1v) is 9.38. The summed E-state index contributed by atoms with van der Waals surface area (Å²) in [7, 11) is 0. The molecule has 2 aliphatic rings. The highest BCUT2D eigenvalue weighted by Gasteiger charge is 2.52. The summed E-state index contributed by atoms with van der Waals surface area (Å²) >= 11 is 0. The normalized spacial score (nSPS) is 25.2. The molecular formula is C21H26N2O5. The van der Waals surface area contributed by atoms with Crippen molar-refractivity contribution in [2.45, 2.75) is 57.7 Å². The van der Waals surface area contributed by atoms with Gasteiger partial charge in [0.2, 0.25) is 0 Å². The summed E-state index contributed by atoms with van der Waals surface area (Å²) in [5.41, 5.74) is -0.806. The topological polar surface area (TPSA) is 84.9 Å². The zero-order valence-corrected chi connectivity index (χ0v) is 16.7. The second kappa shape index (κ2) is 7.30. The van der Waals surface area contributed by atoms with E-state index in [1.807, 2.05) is 30.3 Å². The molecule has 2 aliphatic heterocycles. The Kier molecular flexibility index (Phi) is 5.19. The van der Waals surface area contributed by atoms with Gasteiger partial charge < -0.3 is 14.4 Å². The molecule has 7 nitrogen and oxygen atoms in total. The fraction of sp³-hybridized carbons (Fsp3) is 0.476. The van der Waals surface area contributed by atoms with E-state index in [2.05, 4.69) is 5.32 Å². The molecule has 1 fully saturated rings. The van der Waals surface area contributed by atoms with Gasteiger partial charge >= 0.3 is 12.1 Å². The van der Waals surface area contributed by atoms with Gasteiger partial charge in [-0.1, -0.05) is 36.4 Å². The predicted octanol–water partition coefficient (Wildman–Crippen LogP) is 3.07. The van der Waals surface area contributed by atoms with Gasteiger partial charge in [0.05, 0.1) is 6.04 Å². The molecule has 2 amide bonds. The number of alkyl carbamates (subject to hydrolysis) is 1. The fourth-order valence-corrected chi connectivity index (χ4v) is 3.57. The van der Waals surface area contributed by atoms with Crippen LogP contribution >= 0.6 is 0 Å². The summed E-state index contributed by atoms with van der Waals surface area (Å²) in [6.07, 6.45) is 1.79. The number of hydrogen-bond acceptors (Lipinski definition) is 5. The van der Waals surface area contributed by atoms with Crippen LogP contribution in [0.5, 0.6) is 0 Å². The molecule has 0 radical (unpaired) electrons. The average molecular weight is 386 g/mol. The maximum Gasteiger partial charge on any atom is 0.412 e. The molecule has 0 saturated carbocycles. The van der Waals surface area contributed by atoms with Gasteiger partial charge in [-0.25, -0.2) is 9.59 Å². The van der Waals surface area contributed by atoms with Crippen molar-refractivity contribution in [3.8, 4) is 0 Å². The minimum atomic E-state index is -1.11. The first-order chi connectivity index (χ1) is 13.1. The zero-order chi connectivity index (χ0) is 20.5. The quantitative estimate of drug-likeness (QED) is 0.790. The number of nitrogens with zero attached hydrogens (tertiary/aromatic N) is 1. The molecule has 0 aliphatic carbocycles. The Morgan fingerprint density at radius 2 is 1.93 bits per heavy atom. The highest BCUT2D eigenvalue weighted by molar-refractivity contribution is 6.00. The Morgan fingerprint density at radius 1 is 1.25 bits per heavy atom. The van der Waals surface area contributed by atoms with Crippen LogP contribution in [0.2, 0.25) is 0 Å². The van der Waals surface area contributed by atoms with E-state index in [-0.39, 0.29) is 12.3 Å². The molecule has 2 atom stereocenters. The third-order valence-electron chi connectivity index (χ3n) is 4.90. The molecule has 0 aromatic heterocycles. The SMILES string of the molecule is CC(C)(C)OC(=O)NC1=CCC[C@@]2(C)C(=O)OC[C@@H](c3ccccc3)N2C1=O. The number of rotatable bonds is 2. The maximum absolute atomic E-state index is 13.4. The van der Waals surface area contributed by atoms with Gasteiger partial charge in [0.25, 0.3) is 5.91 Å². The summed E-state index contributed by atoms with van der Waals surface area (Å²) in [6, 6.07) is 9.00. The smallest absolute Gasteiger partial charge is 0.412 e. The monoisotopic (exact) mass is 386 g/mol. The van der Waals surface area contributed by atoms with Crippen LogP contribution in [0, 0.1) is 0 Å². The van der Waals surface area contributed by atoms with Crippen molar-refractivity contribution in [2.75, 3.05) is 6.61 Å². The first kappa shape index (κ1) is 19.9. The Bertz CT molecular complexity index is 812. The number of amides is 2. The molecule has 0 bridgehead atoms. The van der Waals surface area contributed by atoms with Gasteiger partial charge in [-0.2, -0.15) is 0 Å². The van der Waals surface area contributed by atoms with Gasteiger partial charge in [-0.15, -0.1) is 0 Å². The lowest BCUT2D eigenvalue weighted by Crippen LogP contribution is -2.61. The van der Waals surface area contributed by atoms with E-state index >= 15 is 0 Å². The number of carbonyl (C=O) groups is 3. The highest BCUT2D eigenvalue weighted by atomic mass is 16.6. The van der Waals surface area contributed by atoms with E-state index in [1.165, 1.54) is 0 Å². The fourth-order valence-electron chi connectivity index (χ4n) is 3.57. The largest absolute Gasteiger partial charge is 0.461 e. The average Bonchev–Trinajstić information content (AvgIpc) is 2.73. The number of ether oxygens (including phenoxy) is 2. The van der Waals surface area contributed by atoms with Crippen molar-refractivity contribution < 1.29 is 23.9 Å². The van der Waals surface area contributed by atoms with Crippen LogP contribution in [0.4, 0.5) is 4.79 Å². The summed E-state index contributed by atoms with van der Waals surface area (Å²) in [6.45, 7) is 7.04. The molecule has 1 saturated heterocycles. The Labute approximate surface area is 164 Å². The van der Waals surface area contributed by atoms with E-state index in [9.17, 15) is 14.4 Å². The lowest BCUT2D eigenvalue weighted by atomic mass is 9.89. The second-order valence-electron chi connectivity index (χ2n) is 8.26. The molecule has 28 heavy (non-hydrogen) atoms.